The van der Waals surface area contributed by atoms with Crippen molar-refractivity contribution >= 4 is 40.5 Å². The van der Waals surface area contributed by atoms with Gasteiger partial charge in [0.1, 0.15) is 11.9 Å². The van der Waals surface area contributed by atoms with Crippen molar-refractivity contribution in [2.24, 2.45) is 23.2 Å². The van der Waals surface area contributed by atoms with Gasteiger partial charge in [0.2, 0.25) is 0 Å². The van der Waals surface area contributed by atoms with Crippen molar-refractivity contribution in [1.82, 2.24) is 4.90 Å². The van der Waals surface area contributed by atoms with Crippen molar-refractivity contribution in [3.05, 3.63) is 81.7 Å². The number of halogens is 2. The molecule has 3 N–H and O–H groups in total. The third-order valence-electron chi connectivity index (χ3n) is 11.0. The van der Waals surface area contributed by atoms with Crippen LogP contribution in [0.15, 0.2) is 66.1 Å². The first-order valence-electron chi connectivity index (χ1n) is 15.5. The van der Waals surface area contributed by atoms with E-state index < -0.39 is 29.2 Å². The number of carbonyl (C=O) groups excluding carboxylic acids is 1. The maximum atomic E-state index is 13.4. The molecule has 2 bridgehead atoms. The van der Waals surface area contributed by atoms with E-state index in [4.69, 9.17) is 32.7 Å². The van der Waals surface area contributed by atoms with Crippen molar-refractivity contribution < 1.29 is 24.5 Å². The fourth-order valence-corrected chi connectivity index (χ4v) is 9.49. The minimum atomic E-state index is -0.947. The number of nitrogens with zero attached hydrogens (tertiary/aromatic N) is 1. The lowest BCUT2D eigenvalue weighted by atomic mass is 9.44. The van der Waals surface area contributed by atoms with Gasteiger partial charge in [0.05, 0.1) is 39.3 Å². The zero-order valence-corrected chi connectivity index (χ0v) is 25.4. The summed E-state index contributed by atoms with van der Waals surface area (Å²) < 4.78 is 12.6. The van der Waals surface area contributed by atoms with E-state index in [1.165, 1.54) is 12.8 Å². The number of ether oxygens (including phenoxy) is 2. The number of likely N-dealkylation sites (tertiary alicyclic amines) is 1. The van der Waals surface area contributed by atoms with Crippen LogP contribution in [0.4, 0.5) is 11.4 Å². The summed E-state index contributed by atoms with van der Waals surface area (Å²) in [5.74, 6) is 1.36. The van der Waals surface area contributed by atoms with Gasteiger partial charge in [-0.15, -0.1) is 0 Å². The first kappa shape index (κ1) is 28.0. The Balaban J connectivity index is 1.07. The van der Waals surface area contributed by atoms with Gasteiger partial charge in [-0.2, -0.15) is 0 Å². The van der Waals surface area contributed by atoms with Gasteiger partial charge in [0.15, 0.2) is 5.76 Å². The van der Waals surface area contributed by atoms with Crippen LogP contribution in [0.2, 0.25) is 10.0 Å². The first-order valence-corrected chi connectivity index (χ1v) is 16.3. The predicted octanol–water partition coefficient (Wildman–Crippen LogP) is 6.00. The van der Waals surface area contributed by atoms with Crippen LogP contribution in [0.3, 0.4) is 0 Å². The molecule has 226 valence electrons. The Hall–Kier alpha value is -2.55. The Labute approximate surface area is 261 Å². The summed E-state index contributed by atoms with van der Waals surface area (Å²) in [5.41, 5.74) is 0.472. The van der Waals surface area contributed by atoms with E-state index in [0.717, 1.165) is 37.4 Å². The number of esters is 1. The molecule has 4 aliphatic carbocycles. The molecule has 7 nitrogen and oxygen atoms in total. The Morgan fingerprint density at radius 2 is 1.88 bits per heavy atom. The Morgan fingerprint density at radius 3 is 2.67 bits per heavy atom. The highest BCUT2D eigenvalue weighted by atomic mass is 35.5. The zero-order valence-electron chi connectivity index (χ0n) is 23.8. The molecule has 0 radical (unpaired) electrons. The number of allylic oxidation sites excluding steroid dienone is 3. The lowest BCUT2D eigenvalue weighted by Gasteiger charge is -2.66. The quantitative estimate of drug-likeness (QED) is 0.326. The van der Waals surface area contributed by atoms with Crippen LogP contribution in [0.25, 0.3) is 0 Å². The Kier molecular flexibility index (Phi) is 6.66. The van der Waals surface area contributed by atoms with Gasteiger partial charge in [0.25, 0.3) is 0 Å². The molecule has 2 aromatic carbocycles. The fourth-order valence-electron chi connectivity index (χ4n) is 9.00. The number of nitrogens with one attached hydrogen (secondary N) is 1. The number of piperidine rings is 1. The van der Waals surface area contributed by atoms with E-state index in [1.54, 1.807) is 18.2 Å². The molecule has 1 spiro atoms. The number of aliphatic hydroxyl groups excluding tert-OH is 1. The summed E-state index contributed by atoms with van der Waals surface area (Å²) in [6.45, 7) is 1.94. The molecule has 8 rings (SSSR count). The minimum absolute atomic E-state index is 0.0172. The molecule has 2 aliphatic heterocycles. The highest BCUT2D eigenvalue weighted by Gasteiger charge is 2.77. The largest absolute Gasteiger partial charge is 0.487 e. The molecular formula is C34H36Cl2N2O5. The van der Waals surface area contributed by atoms with Crippen LogP contribution in [-0.4, -0.2) is 58.0 Å². The number of aliphatic hydroxyl groups is 2. The van der Waals surface area contributed by atoms with E-state index >= 15 is 0 Å². The van der Waals surface area contributed by atoms with Crippen LogP contribution >= 0.6 is 23.2 Å². The molecule has 0 aromatic heterocycles. The van der Waals surface area contributed by atoms with E-state index in [9.17, 15) is 15.0 Å². The minimum Gasteiger partial charge on any atom is -0.487 e. The molecule has 2 heterocycles. The second-order valence-corrected chi connectivity index (χ2v) is 14.1. The van der Waals surface area contributed by atoms with E-state index in [2.05, 4.69) is 16.3 Å². The Morgan fingerprint density at radius 1 is 1.09 bits per heavy atom. The molecule has 6 aliphatic rings. The van der Waals surface area contributed by atoms with Crippen LogP contribution < -0.4 is 5.32 Å². The summed E-state index contributed by atoms with van der Waals surface area (Å²) in [6.07, 6.45) is 8.07. The number of hydrogen-bond acceptors (Lipinski definition) is 7. The molecule has 43 heavy (non-hydrogen) atoms. The number of benzene rings is 2. The van der Waals surface area contributed by atoms with Crippen molar-refractivity contribution in [3.63, 3.8) is 0 Å². The topological polar surface area (TPSA) is 91.3 Å². The number of hydrogen-bond donors (Lipinski definition) is 3. The number of rotatable bonds is 7. The summed E-state index contributed by atoms with van der Waals surface area (Å²) in [5, 5.41) is 28.0. The molecule has 6 unspecified atom stereocenters. The van der Waals surface area contributed by atoms with Crippen molar-refractivity contribution in [3.8, 4) is 0 Å². The molecule has 5 fully saturated rings. The lowest BCUT2D eigenvalue weighted by Crippen LogP contribution is -2.77. The third kappa shape index (κ3) is 4.30. The first-order chi connectivity index (χ1) is 20.8. The standard InChI is InChI=1S/C34H36Cl2N2O5/c35-22-5-3-6-23(36)30(22)37-24-7-2-1-4-20(24)17-28(40)42-26-11-10-21-16-27-34(41)13-12-25(39)32-33(34,29(21)31(26)43-32)14-15-38(27)18-19-8-9-19/h1-7,10-11,19,21,25,27,29,32,37,39,41H,8-9,12-18H2/t21?,25?,27?,29?,32?,33?,34-/m1/s1. The molecule has 9 heteroatoms. The molecule has 3 saturated carbocycles. The van der Waals surface area contributed by atoms with Gasteiger partial charge in [-0.25, -0.2) is 0 Å². The Bertz CT molecular complexity index is 1520. The van der Waals surface area contributed by atoms with Crippen molar-refractivity contribution in [2.75, 3.05) is 18.4 Å². The smallest absolute Gasteiger partial charge is 0.315 e. The summed E-state index contributed by atoms with van der Waals surface area (Å²) in [7, 11) is 0. The SMILES string of the molecule is O=C(Cc1ccccc1Nc1c(Cl)cccc1Cl)OC1=C2OC3C(O)CC[C@@]4(O)C5CC(C=C1)C2C34CCN5CC1CC1. The van der Waals surface area contributed by atoms with Gasteiger partial charge < -0.3 is 25.0 Å². The van der Waals surface area contributed by atoms with Gasteiger partial charge in [0, 0.05) is 24.2 Å². The molecular weight excluding hydrogens is 587 g/mol. The highest BCUT2D eigenvalue weighted by molar-refractivity contribution is 6.39. The van der Waals surface area contributed by atoms with Crippen LogP contribution in [-0.2, 0) is 20.7 Å². The van der Waals surface area contributed by atoms with Gasteiger partial charge >= 0.3 is 5.97 Å². The second-order valence-electron chi connectivity index (χ2n) is 13.3. The maximum Gasteiger partial charge on any atom is 0.315 e. The number of para-hydroxylation sites is 2. The van der Waals surface area contributed by atoms with Gasteiger partial charge in [-0.3, -0.25) is 9.69 Å². The molecule has 7 atom stereocenters. The number of anilines is 2. The summed E-state index contributed by atoms with van der Waals surface area (Å²) >= 11 is 12.8. The molecule has 2 saturated heterocycles. The van der Waals surface area contributed by atoms with Crippen molar-refractivity contribution in [2.45, 2.75) is 68.8 Å². The average Bonchev–Trinajstić information content (AvgIpc) is 3.73. The predicted molar refractivity (Wildman–Crippen MR) is 164 cm³/mol. The van der Waals surface area contributed by atoms with Crippen LogP contribution in [0.5, 0.6) is 0 Å². The van der Waals surface area contributed by atoms with E-state index in [0.29, 0.717) is 45.8 Å². The van der Waals surface area contributed by atoms with Gasteiger partial charge in [-0.1, -0.05) is 53.5 Å². The normalized spacial score (nSPS) is 35.8. The van der Waals surface area contributed by atoms with Crippen molar-refractivity contribution in [1.29, 1.82) is 0 Å². The summed E-state index contributed by atoms with van der Waals surface area (Å²) in [6, 6.07) is 12.8. The number of carbonyl (C=O) groups is 1. The third-order valence-corrected chi connectivity index (χ3v) is 11.7. The monoisotopic (exact) mass is 622 g/mol. The second kappa shape index (κ2) is 10.2. The van der Waals surface area contributed by atoms with Gasteiger partial charge in [-0.05, 0) is 86.7 Å². The highest BCUT2D eigenvalue weighted by Crippen LogP contribution is 2.70. The zero-order chi connectivity index (χ0) is 29.5. The average molecular weight is 624 g/mol. The van der Waals surface area contributed by atoms with E-state index in [1.807, 2.05) is 30.3 Å². The summed E-state index contributed by atoms with van der Waals surface area (Å²) in [4.78, 5) is 16.0. The lowest BCUT2D eigenvalue weighted by molar-refractivity contribution is -0.267. The van der Waals surface area contributed by atoms with Crippen LogP contribution in [0, 0.1) is 23.2 Å². The molecule has 2 aromatic rings. The van der Waals surface area contributed by atoms with E-state index in [-0.39, 0.29) is 24.3 Å². The fraction of sp³-hybridized carbons (Fsp3) is 0.500. The maximum absolute atomic E-state index is 13.4. The molecule has 0 amide bonds. The van der Waals surface area contributed by atoms with Crippen LogP contribution in [0.1, 0.15) is 44.1 Å².